The zero-order valence-corrected chi connectivity index (χ0v) is 9.49. The maximum atomic E-state index is 13.1. The number of hydrogen-bond donors (Lipinski definition) is 0. The Labute approximate surface area is 92.8 Å². The Hall–Kier alpha value is -0.470. The maximum absolute atomic E-state index is 13.1. The Morgan fingerprint density at radius 3 is 2.57 bits per heavy atom. The van der Waals surface area contributed by atoms with Crippen LogP contribution in [0.15, 0.2) is 12.1 Å². The first kappa shape index (κ1) is 11.6. The van der Waals surface area contributed by atoms with Gasteiger partial charge in [-0.25, -0.2) is 4.39 Å². The summed E-state index contributed by atoms with van der Waals surface area (Å²) >= 11 is 11.3. The normalized spacial score (nSPS) is 10.7. The van der Waals surface area contributed by atoms with Crippen molar-refractivity contribution in [3.63, 3.8) is 0 Å². The van der Waals surface area contributed by atoms with E-state index in [9.17, 15) is 4.39 Å². The summed E-state index contributed by atoms with van der Waals surface area (Å²) in [6.07, 6.45) is 0.00105. The second-order valence-electron chi connectivity index (χ2n) is 3.17. The van der Waals surface area contributed by atoms with Gasteiger partial charge in [-0.2, -0.15) is 0 Å². The lowest BCUT2D eigenvalue weighted by atomic mass is 10.2. The zero-order chi connectivity index (χ0) is 10.7. The second-order valence-corrected chi connectivity index (χ2v) is 3.85. The smallest absolute Gasteiger partial charge is 0.138 e. The molecule has 78 valence electrons. The average Bonchev–Trinajstić information content (AvgIpc) is 2.09. The van der Waals surface area contributed by atoms with Crippen molar-refractivity contribution in [2.24, 2.45) is 0 Å². The quantitative estimate of drug-likeness (QED) is 0.722. The molecule has 0 heterocycles. The third kappa shape index (κ3) is 2.76. The largest absolute Gasteiger partial charge is 0.489 e. The fraction of sp³-hybridized carbons (Fsp3) is 0.400. The Balaban J connectivity index is 3.04. The number of halogens is 3. The molecule has 0 amide bonds. The summed E-state index contributed by atoms with van der Waals surface area (Å²) in [5.74, 6) is 0.178. The first-order valence-electron chi connectivity index (χ1n) is 4.25. The molecule has 0 spiro atoms. The highest BCUT2D eigenvalue weighted by Gasteiger charge is 2.09. The van der Waals surface area contributed by atoms with Crippen LogP contribution < -0.4 is 4.74 Å². The molecule has 0 N–H and O–H groups in total. The third-order valence-corrected chi connectivity index (χ3v) is 2.19. The SMILES string of the molecule is CC(C)Oc1cc(CCl)c(F)cc1Cl. The van der Waals surface area contributed by atoms with Gasteiger partial charge in [0.05, 0.1) is 17.0 Å². The maximum Gasteiger partial charge on any atom is 0.138 e. The van der Waals surface area contributed by atoms with Crippen molar-refractivity contribution in [3.8, 4) is 5.75 Å². The molecule has 0 radical (unpaired) electrons. The van der Waals surface area contributed by atoms with Crippen LogP contribution in [0.5, 0.6) is 5.75 Å². The fourth-order valence-electron chi connectivity index (χ4n) is 1.02. The van der Waals surface area contributed by atoms with E-state index in [1.54, 1.807) is 0 Å². The minimum Gasteiger partial charge on any atom is -0.489 e. The topological polar surface area (TPSA) is 9.23 Å². The number of ether oxygens (including phenoxy) is 1. The van der Waals surface area contributed by atoms with E-state index in [-0.39, 0.29) is 17.0 Å². The van der Waals surface area contributed by atoms with Crippen LogP contribution >= 0.6 is 23.2 Å². The molecule has 0 aliphatic rings. The van der Waals surface area contributed by atoms with Crippen LogP contribution in [0.2, 0.25) is 5.02 Å². The van der Waals surface area contributed by atoms with E-state index in [1.165, 1.54) is 12.1 Å². The first-order valence-corrected chi connectivity index (χ1v) is 5.16. The molecule has 1 aromatic rings. The molecule has 4 heteroatoms. The van der Waals surface area contributed by atoms with Gasteiger partial charge in [-0.3, -0.25) is 0 Å². The van der Waals surface area contributed by atoms with Crippen molar-refractivity contribution in [1.29, 1.82) is 0 Å². The van der Waals surface area contributed by atoms with E-state index < -0.39 is 5.82 Å². The molecule has 0 bridgehead atoms. The highest BCUT2D eigenvalue weighted by molar-refractivity contribution is 6.32. The van der Waals surface area contributed by atoms with Crippen molar-refractivity contribution in [3.05, 3.63) is 28.5 Å². The molecule has 0 atom stereocenters. The lowest BCUT2D eigenvalue weighted by Gasteiger charge is -2.12. The number of benzene rings is 1. The summed E-state index contributed by atoms with van der Waals surface area (Å²) in [5.41, 5.74) is 0.395. The summed E-state index contributed by atoms with van der Waals surface area (Å²) in [4.78, 5) is 0. The lowest BCUT2D eigenvalue weighted by Crippen LogP contribution is -2.06. The summed E-state index contributed by atoms with van der Waals surface area (Å²) < 4.78 is 18.5. The van der Waals surface area contributed by atoms with E-state index in [0.29, 0.717) is 11.3 Å². The molecule has 0 saturated carbocycles. The van der Waals surface area contributed by atoms with Gasteiger partial charge in [0.1, 0.15) is 11.6 Å². The van der Waals surface area contributed by atoms with Crippen molar-refractivity contribution in [2.45, 2.75) is 25.8 Å². The zero-order valence-electron chi connectivity index (χ0n) is 7.98. The predicted octanol–water partition coefficient (Wildman–Crippen LogP) is 4.01. The molecular formula is C10H11Cl2FO. The first-order chi connectivity index (χ1) is 6.54. The van der Waals surface area contributed by atoms with Crippen LogP contribution in [0.4, 0.5) is 4.39 Å². The van der Waals surface area contributed by atoms with Crippen molar-refractivity contribution >= 4 is 23.2 Å². The molecule has 0 aliphatic heterocycles. The Kier molecular flexibility index (Phi) is 4.02. The molecule has 0 fully saturated rings. The highest BCUT2D eigenvalue weighted by atomic mass is 35.5. The molecule has 0 saturated heterocycles. The van der Waals surface area contributed by atoms with Crippen molar-refractivity contribution in [2.75, 3.05) is 0 Å². The summed E-state index contributed by atoms with van der Waals surface area (Å²) in [6.45, 7) is 3.75. The molecule has 0 aliphatic carbocycles. The summed E-state index contributed by atoms with van der Waals surface area (Å²) in [6, 6.07) is 2.75. The molecule has 0 aromatic heterocycles. The van der Waals surface area contributed by atoms with Crippen LogP contribution in [-0.2, 0) is 5.88 Å². The molecule has 14 heavy (non-hydrogen) atoms. The van der Waals surface area contributed by atoms with Crippen LogP contribution in [0.3, 0.4) is 0 Å². The minimum atomic E-state index is -0.402. The van der Waals surface area contributed by atoms with Crippen molar-refractivity contribution < 1.29 is 9.13 Å². The van der Waals surface area contributed by atoms with Gasteiger partial charge in [0.25, 0.3) is 0 Å². The number of alkyl halides is 1. The van der Waals surface area contributed by atoms with Gasteiger partial charge in [0.2, 0.25) is 0 Å². The molecule has 0 unspecified atom stereocenters. The summed E-state index contributed by atoms with van der Waals surface area (Å²) in [5, 5.41) is 0.269. The van der Waals surface area contributed by atoms with E-state index in [0.717, 1.165) is 0 Å². The third-order valence-electron chi connectivity index (χ3n) is 1.61. The van der Waals surface area contributed by atoms with Gasteiger partial charge in [-0.15, -0.1) is 11.6 Å². The Bertz CT molecular complexity index is 326. The van der Waals surface area contributed by atoms with Gasteiger partial charge in [0, 0.05) is 5.56 Å². The summed E-state index contributed by atoms with van der Waals surface area (Å²) in [7, 11) is 0. The average molecular weight is 237 g/mol. The second kappa shape index (κ2) is 4.85. The Morgan fingerprint density at radius 1 is 1.43 bits per heavy atom. The van der Waals surface area contributed by atoms with Crippen LogP contribution in [0.1, 0.15) is 19.4 Å². The molecule has 1 aromatic carbocycles. The van der Waals surface area contributed by atoms with Crippen LogP contribution in [0, 0.1) is 5.82 Å². The van der Waals surface area contributed by atoms with E-state index in [2.05, 4.69) is 0 Å². The van der Waals surface area contributed by atoms with Crippen LogP contribution in [-0.4, -0.2) is 6.10 Å². The Morgan fingerprint density at radius 2 is 2.07 bits per heavy atom. The van der Waals surface area contributed by atoms with Crippen LogP contribution in [0.25, 0.3) is 0 Å². The van der Waals surface area contributed by atoms with Crippen molar-refractivity contribution in [1.82, 2.24) is 0 Å². The standard InChI is InChI=1S/C10H11Cl2FO/c1-6(2)14-10-3-7(5-11)9(13)4-8(10)12/h3-4,6H,5H2,1-2H3. The molecule has 1 nitrogen and oxygen atoms in total. The van der Waals surface area contributed by atoms with Gasteiger partial charge >= 0.3 is 0 Å². The number of rotatable bonds is 3. The minimum absolute atomic E-state index is 0.00105. The van der Waals surface area contributed by atoms with E-state index in [1.807, 2.05) is 13.8 Å². The van der Waals surface area contributed by atoms with Gasteiger partial charge in [-0.1, -0.05) is 11.6 Å². The fourth-order valence-corrected chi connectivity index (χ4v) is 1.42. The molecule has 1 rings (SSSR count). The van der Waals surface area contributed by atoms with E-state index in [4.69, 9.17) is 27.9 Å². The van der Waals surface area contributed by atoms with E-state index >= 15 is 0 Å². The molecular weight excluding hydrogens is 226 g/mol. The lowest BCUT2D eigenvalue weighted by molar-refractivity contribution is 0.242. The highest BCUT2D eigenvalue weighted by Crippen LogP contribution is 2.29. The number of hydrogen-bond acceptors (Lipinski definition) is 1. The van der Waals surface area contributed by atoms with Gasteiger partial charge in [-0.05, 0) is 26.0 Å². The predicted molar refractivity (Wildman–Crippen MR) is 56.7 cm³/mol. The van der Waals surface area contributed by atoms with Gasteiger partial charge < -0.3 is 4.74 Å². The monoisotopic (exact) mass is 236 g/mol. The van der Waals surface area contributed by atoms with Gasteiger partial charge in [0.15, 0.2) is 0 Å².